The fourth-order valence-electron chi connectivity index (χ4n) is 1.10. The van der Waals surface area contributed by atoms with Gasteiger partial charge in [0.25, 0.3) is 5.56 Å². The largest absolute Gasteiger partial charge is 0.334 e. The van der Waals surface area contributed by atoms with Gasteiger partial charge >= 0.3 is 0 Å². The van der Waals surface area contributed by atoms with Crippen LogP contribution in [0.2, 0.25) is 0 Å². The number of nitrogen functional groups attached to an aromatic ring is 1. The molecule has 7 heteroatoms. The van der Waals surface area contributed by atoms with E-state index in [1.165, 1.54) is 11.8 Å². The summed E-state index contributed by atoms with van der Waals surface area (Å²) in [6.07, 6.45) is 0. The van der Waals surface area contributed by atoms with Crippen LogP contribution >= 0.6 is 23.4 Å². The van der Waals surface area contributed by atoms with Gasteiger partial charge in [-0.1, -0.05) is 32.5 Å². The first-order valence-corrected chi connectivity index (χ1v) is 6.40. The molecule has 1 aromatic heterocycles. The summed E-state index contributed by atoms with van der Waals surface area (Å²) < 4.78 is 1.03. The average Bonchev–Trinajstić information content (AvgIpc) is 2.25. The molecule has 0 saturated heterocycles. The minimum absolute atomic E-state index is 0.289. The van der Waals surface area contributed by atoms with Crippen molar-refractivity contribution < 1.29 is 0 Å². The highest BCUT2D eigenvalue weighted by molar-refractivity contribution is 7.99. The van der Waals surface area contributed by atoms with Crippen molar-refractivity contribution in [1.29, 1.82) is 0 Å². The molecule has 0 aromatic carbocycles. The molecule has 0 amide bonds. The van der Waals surface area contributed by atoms with Crippen molar-refractivity contribution >= 4 is 23.4 Å². The third-order valence-electron chi connectivity index (χ3n) is 2.11. The molecule has 16 heavy (non-hydrogen) atoms. The second-order valence-corrected chi connectivity index (χ2v) is 5.46. The van der Waals surface area contributed by atoms with Crippen molar-refractivity contribution in [3.05, 3.63) is 16.0 Å². The Labute approximate surface area is 103 Å². The van der Waals surface area contributed by atoms with Gasteiger partial charge < -0.3 is 5.84 Å². The maximum atomic E-state index is 11.9. The topological polar surface area (TPSA) is 73.8 Å². The van der Waals surface area contributed by atoms with Crippen LogP contribution in [-0.2, 0) is 5.41 Å². The van der Waals surface area contributed by atoms with Gasteiger partial charge in [0, 0.05) is 11.3 Å². The highest BCUT2D eigenvalue weighted by atomic mass is 35.5. The lowest BCUT2D eigenvalue weighted by molar-refractivity contribution is 0.525. The summed E-state index contributed by atoms with van der Waals surface area (Å²) in [6, 6.07) is 0. The van der Waals surface area contributed by atoms with E-state index in [1.807, 2.05) is 20.8 Å². The third-order valence-corrected chi connectivity index (χ3v) is 3.60. The van der Waals surface area contributed by atoms with Gasteiger partial charge in [-0.3, -0.25) is 4.79 Å². The zero-order valence-electron chi connectivity index (χ0n) is 9.53. The molecule has 0 atom stereocenters. The number of alkyl halides is 1. The van der Waals surface area contributed by atoms with E-state index in [9.17, 15) is 4.79 Å². The summed E-state index contributed by atoms with van der Waals surface area (Å²) >= 11 is 7.17. The van der Waals surface area contributed by atoms with Crippen LogP contribution in [0, 0.1) is 0 Å². The number of hydrogen-bond acceptors (Lipinski definition) is 5. The highest BCUT2D eigenvalue weighted by Crippen LogP contribution is 2.20. The van der Waals surface area contributed by atoms with E-state index < -0.39 is 5.41 Å². The Morgan fingerprint density at radius 1 is 1.50 bits per heavy atom. The van der Waals surface area contributed by atoms with Crippen LogP contribution in [0.25, 0.3) is 0 Å². The summed E-state index contributed by atoms with van der Waals surface area (Å²) in [5, 5.41) is 8.29. The summed E-state index contributed by atoms with van der Waals surface area (Å²) in [5.74, 6) is 6.73. The maximum Gasteiger partial charge on any atom is 0.295 e. The summed E-state index contributed by atoms with van der Waals surface area (Å²) in [5.41, 5.74) is -0.565. The molecule has 0 spiro atoms. The predicted molar refractivity (Wildman–Crippen MR) is 66.6 cm³/mol. The van der Waals surface area contributed by atoms with Crippen LogP contribution in [0.3, 0.4) is 0 Å². The number of hydrogen-bond donors (Lipinski definition) is 1. The van der Waals surface area contributed by atoms with Gasteiger partial charge in [-0.05, 0) is 5.75 Å². The lowest BCUT2D eigenvalue weighted by Crippen LogP contribution is -2.39. The van der Waals surface area contributed by atoms with E-state index in [2.05, 4.69) is 10.2 Å². The second-order valence-electron chi connectivity index (χ2n) is 3.96. The van der Waals surface area contributed by atoms with Crippen LogP contribution in [0.1, 0.15) is 26.5 Å². The van der Waals surface area contributed by atoms with Gasteiger partial charge in [-0.25, -0.2) is 0 Å². The van der Waals surface area contributed by atoms with Gasteiger partial charge in [0.15, 0.2) is 0 Å². The fourth-order valence-corrected chi connectivity index (χ4v) is 1.81. The molecule has 5 nitrogen and oxygen atoms in total. The summed E-state index contributed by atoms with van der Waals surface area (Å²) in [6.45, 7) is 5.61. The Balaban J connectivity index is 3.28. The molecule has 1 rings (SSSR count). The molecule has 0 aliphatic carbocycles. The minimum Gasteiger partial charge on any atom is -0.334 e. The van der Waals surface area contributed by atoms with Crippen molar-refractivity contribution in [3.8, 4) is 0 Å². The number of nitrogens with zero attached hydrogens (tertiary/aromatic N) is 3. The van der Waals surface area contributed by atoms with Crippen molar-refractivity contribution in [2.24, 2.45) is 0 Å². The number of aromatic nitrogens is 3. The van der Waals surface area contributed by atoms with Gasteiger partial charge in [-0.2, -0.15) is 4.68 Å². The Morgan fingerprint density at radius 3 is 2.62 bits per heavy atom. The Morgan fingerprint density at radius 2 is 2.12 bits per heavy atom. The van der Waals surface area contributed by atoms with Crippen molar-refractivity contribution in [2.75, 3.05) is 17.5 Å². The molecule has 0 fully saturated rings. The van der Waals surface area contributed by atoms with E-state index in [4.69, 9.17) is 17.4 Å². The molecule has 0 saturated carbocycles. The fraction of sp³-hybridized carbons (Fsp3) is 0.667. The standard InChI is InChI=1S/C9H15ClN4OS/c1-4-16-8-13-12-6(7(15)14(8)11)9(2,3)5-10/h4-5,11H2,1-3H3. The minimum atomic E-state index is -0.526. The molecule has 0 radical (unpaired) electrons. The quantitative estimate of drug-likeness (QED) is 0.497. The number of thioether (sulfide) groups is 1. The molecule has 0 unspecified atom stereocenters. The molecule has 0 aliphatic heterocycles. The molecule has 0 bridgehead atoms. The van der Waals surface area contributed by atoms with Crippen molar-refractivity contribution in [3.63, 3.8) is 0 Å². The van der Waals surface area contributed by atoms with Crippen LogP contribution < -0.4 is 11.4 Å². The zero-order valence-corrected chi connectivity index (χ0v) is 11.1. The predicted octanol–water partition coefficient (Wildman–Crippen LogP) is 0.980. The Bertz CT molecular complexity index is 432. The first-order valence-electron chi connectivity index (χ1n) is 4.88. The first-order chi connectivity index (χ1) is 7.44. The van der Waals surface area contributed by atoms with E-state index in [0.29, 0.717) is 10.9 Å². The third kappa shape index (κ3) is 2.49. The number of nitrogens with two attached hydrogens (primary N) is 1. The van der Waals surface area contributed by atoms with Gasteiger partial charge in [0.2, 0.25) is 5.16 Å². The smallest absolute Gasteiger partial charge is 0.295 e. The molecule has 0 aliphatic rings. The van der Waals surface area contributed by atoms with Crippen LogP contribution in [-0.4, -0.2) is 26.5 Å². The first kappa shape index (κ1) is 13.3. The molecular formula is C9H15ClN4OS. The Hall–Kier alpha value is -0.750. The molecule has 2 N–H and O–H groups in total. The van der Waals surface area contributed by atoms with Crippen molar-refractivity contribution in [2.45, 2.75) is 31.3 Å². The van der Waals surface area contributed by atoms with Crippen molar-refractivity contribution in [1.82, 2.24) is 14.9 Å². The normalized spacial score (nSPS) is 11.8. The zero-order chi connectivity index (χ0) is 12.3. The van der Waals surface area contributed by atoms with Crippen LogP contribution in [0.5, 0.6) is 0 Å². The van der Waals surface area contributed by atoms with E-state index in [1.54, 1.807) is 0 Å². The average molecular weight is 263 g/mol. The van der Waals surface area contributed by atoms with Gasteiger partial charge in [0.1, 0.15) is 5.69 Å². The second kappa shape index (κ2) is 5.05. The Kier molecular flexibility index (Phi) is 4.21. The van der Waals surface area contributed by atoms with Crippen LogP contribution in [0.15, 0.2) is 9.95 Å². The summed E-state index contributed by atoms with van der Waals surface area (Å²) in [4.78, 5) is 11.9. The van der Waals surface area contributed by atoms with E-state index >= 15 is 0 Å². The molecular weight excluding hydrogens is 248 g/mol. The summed E-state index contributed by atoms with van der Waals surface area (Å²) in [7, 11) is 0. The number of rotatable bonds is 4. The highest BCUT2D eigenvalue weighted by Gasteiger charge is 2.26. The monoisotopic (exact) mass is 262 g/mol. The van der Waals surface area contributed by atoms with Crippen LogP contribution in [0.4, 0.5) is 0 Å². The lowest BCUT2D eigenvalue weighted by Gasteiger charge is -2.19. The number of halogens is 1. The van der Waals surface area contributed by atoms with E-state index in [0.717, 1.165) is 10.4 Å². The van der Waals surface area contributed by atoms with E-state index in [-0.39, 0.29) is 11.4 Å². The van der Waals surface area contributed by atoms with Gasteiger partial charge in [0.05, 0.1) is 0 Å². The molecule has 1 heterocycles. The van der Waals surface area contributed by atoms with Gasteiger partial charge in [-0.15, -0.1) is 21.8 Å². The maximum absolute atomic E-state index is 11.9. The molecule has 1 aromatic rings. The molecule has 90 valence electrons. The SMILES string of the molecule is CCSc1nnc(C(C)(C)CCl)c(=O)n1N. The lowest BCUT2D eigenvalue weighted by atomic mass is 9.92.